The lowest BCUT2D eigenvalue weighted by Gasteiger charge is -2.32. The lowest BCUT2D eigenvalue weighted by atomic mass is 10.2. The van der Waals surface area contributed by atoms with Gasteiger partial charge in [0, 0.05) is 6.20 Å². The molecule has 2 aromatic rings. The second-order valence-electron chi connectivity index (χ2n) is 6.32. The monoisotopic (exact) mass is 568 g/mol. The van der Waals surface area contributed by atoms with Gasteiger partial charge in [-0.25, -0.2) is 32.4 Å². The summed E-state index contributed by atoms with van der Waals surface area (Å²) in [5.41, 5.74) is 5.24. The van der Waals surface area contributed by atoms with Crippen molar-refractivity contribution in [2.24, 2.45) is 0 Å². The fraction of sp³-hybridized carbons (Fsp3) is 0.385. The summed E-state index contributed by atoms with van der Waals surface area (Å²) in [5.74, 6) is -3.57. The minimum Gasteiger partial charge on any atom is -0.392 e. The highest BCUT2D eigenvalue weighted by atomic mass is 31.3. The number of fused-ring (bicyclic) bond motifs is 1. The van der Waals surface area contributed by atoms with E-state index in [1.165, 1.54) is 5.92 Å². The Bertz CT molecular complexity index is 1270. The smallest absolute Gasteiger partial charge is 0.392 e. The zero-order chi connectivity index (χ0) is 26.8. The van der Waals surface area contributed by atoms with E-state index in [9.17, 15) is 33.2 Å². The molecule has 196 valence electrons. The van der Waals surface area contributed by atoms with Gasteiger partial charge in [-0.2, -0.15) is 8.62 Å². The van der Waals surface area contributed by atoms with Crippen molar-refractivity contribution in [1.29, 1.82) is 0 Å². The maximum Gasteiger partial charge on any atom is 0.490 e. The molecule has 8 N–H and O–H groups in total. The standard InChI is InChI=1S/C13H17F2N4O13P3/c1-2-8(21)13(15,5-29-34(25,26)32-35(27,28)31-33(22,23)24)30-9(4-20)19-3-7(14)10-11(16)17-6-18-12(10)19/h1,3,6,8-9,20-21H,4-5H2,(H,25,26)(H,27,28)(H2,16,17,18)(H2,22,23,24)/t8-,9+,13+/m0/s1. The largest absolute Gasteiger partial charge is 0.490 e. The van der Waals surface area contributed by atoms with Crippen LogP contribution in [0.15, 0.2) is 12.5 Å². The second kappa shape index (κ2) is 10.6. The topological polar surface area (TPSA) is 266 Å². The van der Waals surface area contributed by atoms with Gasteiger partial charge in [-0.3, -0.25) is 4.52 Å². The van der Waals surface area contributed by atoms with E-state index < -0.39 is 60.7 Å². The zero-order valence-electron chi connectivity index (χ0n) is 16.9. The predicted octanol–water partition coefficient (Wildman–Crippen LogP) is -0.337. The third-order valence-electron chi connectivity index (χ3n) is 3.80. The average Bonchev–Trinajstić information content (AvgIpc) is 3.05. The van der Waals surface area contributed by atoms with E-state index in [1.807, 2.05) is 0 Å². The van der Waals surface area contributed by atoms with Crippen LogP contribution in [0.2, 0.25) is 0 Å². The first-order chi connectivity index (χ1) is 15.9. The van der Waals surface area contributed by atoms with E-state index >= 15 is 4.39 Å². The van der Waals surface area contributed by atoms with E-state index in [4.69, 9.17) is 31.6 Å². The molecule has 0 aliphatic carbocycles. The number of nitrogens with zero attached hydrogens (tertiary/aromatic N) is 3. The number of aromatic nitrogens is 3. The summed E-state index contributed by atoms with van der Waals surface area (Å²) in [6, 6.07) is 0. The van der Waals surface area contributed by atoms with Crippen LogP contribution in [0.5, 0.6) is 0 Å². The zero-order valence-corrected chi connectivity index (χ0v) is 19.5. The number of anilines is 1. The Morgan fingerprint density at radius 1 is 1.20 bits per heavy atom. The van der Waals surface area contributed by atoms with Gasteiger partial charge in [0.15, 0.2) is 23.8 Å². The van der Waals surface area contributed by atoms with Crippen molar-refractivity contribution in [3.63, 3.8) is 0 Å². The van der Waals surface area contributed by atoms with Gasteiger partial charge >= 0.3 is 23.5 Å². The minimum atomic E-state index is -5.94. The Morgan fingerprint density at radius 2 is 1.83 bits per heavy atom. The molecule has 0 amide bonds. The normalized spacial score (nSPS) is 19.3. The first kappa shape index (κ1) is 29.4. The molecule has 0 fully saturated rings. The van der Waals surface area contributed by atoms with E-state index in [0.29, 0.717) is 10.8 Å². The Morgan fingerprint density at radius 3 is 2.37 bits per heavy atom. The van der Waals surface area contributed by atoms with Crippen LogP contribution in [0.1, 0.15) is 6.23 Å². The number of terminal acetylenes is 1. The molecule has 0 aromatic carbocycles. The molecule has 17 nitrogen and oxygen atoms in total. The number of hydrogen-bond donors (Lipinski definition) is 7. The molecule has 35 heavy (non-hydrogen) atoms. The number of phosphoric ester groups is 1. The fourth-order valence-corrected chi connectivity index (χ4v) is 5.50. The molecule has 2 unspecified atom stereocenters. The molecule has 22 heteroatoms. The first-order valence-electron chi connectivity index (χ1n) is 8.60. The maximum absolute atomic E-state index is 15.4. The van der Waals surface area contributed by atoms with Crippen LogP contribution in [0.25, 0.3) is 11.0 Å². The molecule has 0 bridgehead atoms. The fourth-order valence-electron chi connectivity index (χ4n) is 2.46. The van der Waals surface area contributed by atoms with E-state index in [2.05, 4.69) is 23.1 Å². The van der Waals surface area contributed by atoms with Crippen LogP contribution in [-0.4, -0.2) is 69.5 Å². The van der Waals surface area contributed by atoms with Gasteiger partial charge < -0.3 is 44.8 Å². The summed E-state index contributed by atoms with van der Waals surface area (Å²) in [5, 5.41) is 19.2. The van der Waals surface area contributed by atoms with Gasteiger partial charge in [-0.05, 0) is 0 Å². The third kappa shape index (κ3) is 7.56. The van der Waals surface area contributed by atoms with E-state index in [1.54, 1.807) is 0 Å². The minimum absolute atomic E-state index is 0.306. The summed E-state index contributed by atoms with van der Waals surface area (Å²) in [7, 11) is -17.5. The van der Waals surface area contributed by atoms with E-state index in [-0.39, 0.29) is 16.9 Å². The lowest BCUT2D eigenvalue weighted by molar-refractivity contribution is -0.255. The number of phosphoric acid groups is 3. The van der Waals surface area contributed by atoms with Crippen molar-refractivity contribution >= 4 is 40.3 Å². The number of hydrogen-bond acceptors (Lipinski definition) is 12. The van der Waals surface area contributed by atoms with Crippen molar-refractivity contribution in [3.8, 4) is 12.3 Å². The summed E-state index contributed by atoms with van der Waals surface area (Å²) in [6.45, 7) is -2.98. The van der Waals surface area contributed by atoms with Crippen LogP contribution in [0.3, 0.4) is 0 Å². The van der Waals surface area contributed by atoms with Crippen LogP contribution < -0.4 is 5.73 Å². The predicted molar refractivity (Wildman–Crippen MR) is 108 cm³/mol. The van der Waals surface area contributed by atoms with Crippen molar-refractivity contribution in [1.82, 2.24) is 14.5 Å². The maximum atomic E-state index is 15.4. The first-order valence-corrected chi connectivity index (χ1v) is 13.1. The number of halogens is 2. The number of ether oxygens (including phenoxy) is 1. The van der Waals surface area contributed by atoms with E-state index in [0.717, 1.165) is 6.33 Å². The SMILES string of the molecule is C#C[C@H](O)[C@@](F)(COP(=O)(O)OP(=O)(O)OP(=O)(O)O)O[C@H](CO)n1cc(F)c2c(N)ncnc21. The number of aliphatic hydroxyl groups excluding tert-OH is 2. The highest BCUT2D eigenvalue weighted by Crippen LogP contribution is 2.66. The summed E-state index contributed by atoms with van der Waals surface area (Å²) in [6.07, 6.45) is 1.97. The Hall–Kier alpha value is -1.87. The highest BCUT2D eigenvalue weighted by Gasteiger charge is 2.47. The molecule has 2 rings (SSSR count). The second-order valence-corrected chi connectivity index (χ2v) is 10.7. The quantitative estimate of drug-likeness (QED) is 0.128. The molecule has 2 aromatic heterocycles. The molecular formula is C13H17F2N4O13P3. The molecular weight excluding hydrogens is 551 g/mol. The van der Waals surface area contributed by atoms with Crippen LogP contribution in [0, 0.1) is 18.2 Å². The average molecular weight is 568 g/mol. The Balaban J connectivity index is 2.31. The highest BCUT2D eigenvalue weighted by molar-refractivity contribution is 7.66. The number of alkyl halides is 1. The van der Waals surface area contributed by atoms with Gasteiger partial charge in [0.05, 0.1) is 12.0 Å². The van der Waals surface area contributed by atoms with Gasteiger partial charge in [0.2, 0.25) is 0 Å². The number of rotatable bonds is 12. The van der Waals surface area contributed by atoms with Gasteiger partial charge in [-0.15, -0.1) is 6.42 Å². The molecule has 0 saturated carbocycles. The van der Waals surface area contributed by atoms with Gasteiger partial charge in [-0.1, -0.05) is 5.92 Å². The molecule has 0 aliphatic heterocycles. The Labute approximate surface area is 193 Å². The van der Waals surface area contributed by atoms with Crippen molar-refractivity contribution < 1.29 is 70.1 Å². The summed E-state index contributed by atoms with van der Waals surface area (Å²) in [4.78, 5) is 42.9. The van der Waals surface area contributed by atoms with Gasteiger partial charge in [0.25, 0.3) is 5.85 Å². The van der Waals surface area contributed by atoms with Crippen LogP contribution >= 0.6 is 23.5 Å². The van der Waals surface area contributed by atoms with Crippen LogP contribution in [0.4, 0.5) is 14.6 Å². The number of aliphatic hydroxyl groups is 2. The summed E-state index contributed by atoms with van der Waals surface area (Å²) >= 11 is 0. The van der Waals surface area contributed by atoms with Crippen LogP contribution in [-0.2, 0) is 31.6 Å². The van der Waals surface area contributed by atoms with Gasteiger partial charge in [0.1, 0.15) is 18.8 Å². The summed E-state index contributed by atoms with van der Waals surface area (Å²) < 4.78 is 80.2. The number of nitrogens with two attached hydrogens (primary N) is 1. The molecule has 5 atom stereocenters. The van der Waals surface area contributed by atoms with Crippen molar-refractivity contribution in [3.05, 3.63) is 18.3 Å². The molecule has 0 aliphatic rings. The van der Waals surface area contributed by atoms with Crippen molar-refractivity contribution in [2.75, 3.05) is 18.9 Å². The molecule has 0 radical (unpaired) electrons. The lowest BCUT2D eigenvalue weighted by Crippen LogP contribution is -2.46. The molecule has 2 heterocycles. The molecule has 0 spiro atoms. The Kier molecular flexibility index (Phi) is 8.91. The third-order valence-corrected chi connectivity index (χ3v) is 7.58. The number of nitrogen functional groups attached to an aromatic ring is 1. The van der Waals surface area contributed by atoms with Crippen molar-refractivity contribution in [2.45, 2.75) is 18.2 Å². The molecule has 0 saturated heterocycles.